The maximum absolute atomic E-state index is 11.9. The summed E-state index contributed by atoms with van der Waals surface area (Å²) >= 11 is 1.41. The highest BCUT2D eigenvalue weighted by atomic mass is 32.1. The first-order valence-electron chi connectivity index (χ1n) is 6.50. The first-order chi connectivity index (χ1) is 9.60. The van der Waals surface area contributed by atoms with Crippen LogP contribution in [-0.4, -0.2) is 27.0 Å². The second-order valence-corrected chi connectivity index (χ2v) is 5.72. The molecule has 0 aromatic carbocycles. The van der Waals surface area contributed by atoms with E-state index in [2.05, 4.69) is 26.8 Å². The van der Waals surface area contributed by atoms with Crippen LogP contribution in [0.25, 0.3) is 0 Å². The highest BCUT2D eigenvalue weighted by Crippen LogP contribution is 2.09. The summed E-state index contributed by atoms with van der Waals surface area (Å²) < 4.78 is 2.08. The summed E-state index contributed by atoms with van der Waals surface area (Å²) in [4.78, 5) is 20.3. The Bertz CT molecular complexity index is 577. The van der Waals surface area contributed by atoms with E-state index in [1.54, 1.807) is 11.6 Å². The van der Waals surface area contributed by atoms with Gasteiger partial charge in [0.25, 0.3) is 5.91 Å². The lowest BCUT2D eigenvalue weighted by atomic mass is 10.2. The Morgan fingerprint density at radius 3 is 3.00 bits per heavy atom. The molecule has 0 aliphatic heterocycles. The number of aromatic nitrogens is 3. The first kappa shape index (κ1) is 14.7. The molecule has 0 saturated heterocycles. The molecule has 0 spiro atoms. The van der Waals surface area contributed by atoms with Gasteiger partial charge >= 0.3 is 0 Å². The molecule has 1 atom stereocenters. The van der Waals surface area contributed by atoms with Crippen LogP contribution in [0.3, 0.4) is 0 Å². The van der Waals surface area contributed by atoms with Crippen molar-refractivity contribution in [2.45, 2.75) is 26.9 Å². The molecule has 3 N–H and O–H groups in total. The molecule has 0 fully saturated rings. The fourth-order valence-electron chi connectivity index (χ4n) is 1.86. The van der Waals surface area contributed by atoms with Crippen LogP contribution in [0.5, 0.6) is 0 Å². The molecular weight excluding hydrogens is 274 g/mol. The Labute approximate surface area is 122 Å². The Kier molecular flexibility index (Phi) is 4.86. The van der Waals surface area contributed by atoms with E-state index < -0.39 is 0 Å². The maximum Gasteiger partial charge on any atom is 0.270 e. The van der Waals surface area contributed by atoms with Crippen molar-refractivity contribution in [1.82, 2.24) is 19.9 Å². The van der Waals surface area contributed by atoms with Gasteiger partial charge in [0.1, 0.15) is 16.5 Å². The SMILES string of the molecule is Cc1nccn1CC(C)CNC(=O)c1csc(CN)n1. The van der Waals surface area contributed by atoms with Crippen molar-refractivity contribution < 1.29 is 4.79 Å². The third-order valence-electron chi connectivity index (χ3n) is 3.00. The number of nitrogens with zero attached hydrogens (tertiary/aromatic N) is 3. The van der Waals surface area contributed by atoms with Crippen LogP contribution in [-0.2, 0) is 13.1 Å². The number of hydrogen-bond acceptors (Lipinski definition) is 5. The molecule has 1 amide bonds. The van der Waals surface area contributed by atoms with Gasteiger partial charge in [0.2, 0.25) is 0 Å². The quantitative estimate of drug-likeness (QED) is 0.837. The molecule has 108 valence electrons. The number of nitrogens with two attached hydrogens (primary N) is 1. The van der Waals surface area contributed by atoms with Gasteiger partial charge in [-0.2, -0.15) is 0 Å². The Balaban J connectivity index is 1.82. The van der Waals surface area contributed by atoms with Crippen molar-refractivity contribution in [3.63, 3.8) is 0 Å². The Hall–Kier alpha value is -1.73. The van der Waals surface area contributed by atoms with Crippen molar-refractivity contribution in [2.24, 2.45) is 11.7 Å². The van der Waals surface area contributed by atoms with E-state index in [0.29, 0.717) is 24.7 Å². The summed E-state index contributed by atoms with van der Waals surface area (Å²) in [6.07, 6.45) is 3.73. The number of rotatable bonds is 6. The van der Waals surface area contributed by atoms with E-state index in [4.69, 9.17) is 5.73 Å². The van der Waals surface area contributed by atoms with E-state index in [-0.39, 0.29) is 5.91 Å². The normalized spacial score (nSPS) is 12.3. The average molecular weight is 293 g/mol. The minimum atomic E-state index is -0.143. The third kappa shape index (κ3) is 3.64. The van der Waals surface area contributed by atoms with Gasteiger partial charge in [-0.25, -0.2) is 9.97 Å². The zero-order valence-corrected chi connectivity index (χ0v) is 12.5. The summed E-state index contributed by atoms with van der Waals surface area (Å²) in [6, 6.07) is 0. The zero-order chi connectivity index (χ0) is 14.5. The van der Waals surface area contributed by atoms with Gasteiger partial charge in [0, 0.05) is 37.4 Å². The van der Waals surface area contributed by atoms with Crippen molar-refractivity contribution in [2.75, 3.05) is 6.54 Å². The molecule has 2 heterocycles. The van der Waals surface area contributed by atoms with Gasteiger partial charge in [0.05, 0.1) is 0 Å². The molecule has 2 aromatic rings. The average Bonchev–Trinajstić information content (AvgIpc) is 3.06. The number of aryl methyl sites for hydroxylation is 1. The van der Waals surface area contributed by atoms with Crippen LogP contribution in [0.15, 0.2) is 17.8 Å². The number of carbonyl (C=O) groups is 1. The lowest BCUT2D eigenvalue weighted by Crippen LogP contribution is -2.30. The van der Waals surface area contributed by atoms with Gasteiger partial charge in [-0.15, -0.1) is 11.3 Å². The molecule has 0 radical (unpaired) electrons. The van der Waals surface area contributed by atoms with Gasteiger partial charge in [0.15, 0.2) is 0 Å². The number of thiazole rings is 1. The van der Waals surface area contributed by atoms with Crippen LogP contribution >= 0.6 is 11.3 Å². The van der Waals surface area contributed by atoms with Crippen LogP contribution in [0, 0.1) is 12.8 Å². The first-order valence-corrected chi connectivity index (χ1v) is 7.38. The summed E-state index contributed by atoms with van der Waals surface area (Å²) in [7, 11) is 0. The smallest absolute Gasteiger partial charge is 0.270 e. The minimum Gasteiger partial charge on any atom is -0.350 e. The highest BCUT2D eigenvalue weighted by Gasteiger charge is 2.12. The fraction of sp³-hybridized carbons (Fsp3) is 0.462. The molecule has 0 aliphatic carbocycles. The lowest BCUT2D eigenvalue weighted by Gasteiger charge is -2.13. The number of carbonyl (C=O) groups excluding carboxylic acids is 1. The number of amides is 1. The third-order valence-corrected chi connectivity index (χ3v) is 3.87. The molecule has 6 nitrogen and oxygen atoms in total. The molecule has 20 heavy (non-hydrogen) atoms. The molecule has 0 bridgehead atoms. The van der Waals surface area contributed by atoms with Crippen molar-refractivity contribution >= 4 is 17.2 Å². The largest absolute Gasteiger partial charge is 0.350 e. The molecule has 0 aliphatic rings. The second-order valence-electron chi connectivity index (χ2n) is 4.77. The molecule has 1 unspecified atom stereocenters. The summed E-state index contributed by atoms with van der Waals surface area (Å²) in [5.74, 6) is 1.16. The van der Waals surface area contributed by atoms with Crippen LogP contribution < -0.4 is 11.1 Å². The predicted molar refractivity (Wildman–Crippen MR) is 78.5 cm³/mol. The fourth-order valence-corrected chi connectivity index (χ4v) is 2.52. The van der Waals surface area contributed by atoms with Crippen LogP contribution in [0.1, 0.15) is 28.2 Å². The van der Waals surface area contributed by atoms with E-state index in [9.17, 15) is 4.79 Å². The van der Waals surface area contributed by atoms with Gasteiger partial charge in [-0.3, -0.25) is 4.79 Å². The van der Waals surface area contributed by atoms with Gasteiger partial charge < -0.3 is 15.6 Å². The number of nitrogens with one attached hydrogen (secondary N) is 1. The monoisotopic (exact) mass is 293 g/mol. The number of imidazole rings is 1. The van der Waals surface area contributed by atoms with Crippen molar-refractivity contribution in [3.05, 3.63) is 34.3 Å². The molecule has 2 aromatic heterocycles. The standard InChI is InChI=1S/C13H19N5OS/c1-9(7-18-4-3-15-10(18)2)6-16-13(19)11-8-20-12(5-14)17-11/h3-4,8-9H,5-7,14H2,1-2H3,(H,16,19). The van der Waals surface area contributed by atoms with E-state index in [1.165, 1.54) is 11.3 Å². The second kappa shape index (κ2) is 6.62. The summed E-state index contributed by atoms with van der Waals surface area (Å²) in [6.45, 7) is 5.86. The van der Waals surface area contributed by atoms with E-state index in [1.807, 2.05) is 13.1 Å². The zero-order valence-electron chi connectivity index (χ0n) is 11.7. The summed E-state index contributed by atoms with van der Waals surface area (Å²) in [5, 5.41) is 5.41. The van der Waals surface area contributed by atoms with Crippen molar-refractivity contribution in [3.8, 4) is 0 Å². The minimum absolute atomic E-state index is 0.143. The molecule has 0 saturated carbocycles. The molecule has 2 rings (SSSR count). The molecular formula is C13H19N5OS. The van der Waals surface area contributed by atoms with Crippen LogP contribution in [0.4, 0.5) is 0 Å². The topological polar surface area (TPSA) is 85.8 Å². The Morgan fingerprint density at radius 1 is 1.60 bits per heavy atom. The summed E-state index contributed by atoms with van der Waals surface area (Å²) in [5.41, 5.74) is 5.93. The Morgan fingerprint density at radius 2 is 2.40 bits per heavy atom. The molecule has 7 heteroatoms. The van der Waals surface area contributed by atoms with Crippen molar-refractivity contribution in [1.29, 1.82) is 0 Å². The predicted octanol–water partition coefficient (Wildman–Crippen LogP) is 1.17. The van der Waals surface area contributed by atoms with E-state index in [0.717, 1.165) is 17.4 Å². The lowest BCUT2D eigenvalue weighted by molar-refractivity contribution is 0.0942. The number of hydrogen-bond donors (Lipinski definition) is 2. The maximum atomic E-state index is 11.9. The van der Waals surface area contributed by atoms with Crippen LogP contribution in [0.2, 0.25) is 0 Å². The van der Waals surface area contributed by atoms with Gasteiger partial charge in [-0.1, -0.05) is 6.92 Å². The van der Waals surface area contributed by atoms with E-state index >= 15 is 0 Å². The van der Waals surface area contributed by atoms with Gasteiger partial charge in [-0.05, 0) is 12.8 Å². The highest BCUT2D eigenvalue weighted by molar-refractivity contribution is 7.09.